The quantitative estimate of drug-likeness (QED) is 0.188. The smallest absolute Gasteiger partial charge is 0.136 e. The lowest BCUT2D eigenvalue weighted by Crippen LogP contribution is -2.18. The third-order valence-electron chi connectivity index (χ3n) is 10.0. The summed E-state index contributed by atoms with van der Waals surface area (Å²) in [5.74, 6) is 0.612. The molecule has 210 valence electrons. The molecule has 2 unspecified atom stereocenters. The summed E-state index contributed by atoms with van der Waals surface area (Å²) in [5.41, 5.74) is 9.72. The summed E-state index contributed by atoms with van der Waals surface area (Å²) in [4.78, 5) is 0. The topological polar surface area (TPSA) is 13.1 Å². The molecule has 0 saturated carbocycles. The summed E-state index contributed by atoms with van der Waals surface area (Å²) in [5, 5.41) is 9.84. The van der Waals surface area contributed by atoms with E-state index in [1.165, 1.54) is 65.7 Å². The summed E-state index contributed by atoms with van der Waals surface area (Å²) in [6.07, 6.45) is 11.6. The van der Waals surface area contributed by atoms with Crippen molar-refractivity contribution in [3.63, 3.8) is 0 Å². The molecule has 0 fully saturated rings. The van der Waals surface area contributed by atoms with E-state index in [2.05, 4.69) is 158 Å². The van der Waals surface area contributed by atoms with Gasteiger partial charge in [0.1, 0.15) is 11.2 Å². The maximum atomic E-state index is 6.54. The van der Waals surface area contributed by atoms with Crippen LogP contribution in [-0.2, 0) is 0 Å². The van der Waals surface area contributed by atoms with Crippen molar-refractivity contribution in [1.29, 1.82) is 0 Å². The minimum atomic E-state index is 0.282. The van der Waals surface area contributed by atoms with E-state index in [9.17, 15) is 0 Å². The maximum Gasteiger partial charge on any atom is 0.136 e. The Balaban J connectivity index is 1.25. The standard InChI is InChI=1S/C44H28O/c1-2-12-28-25-42-39(23-27(28)11-1)34-22-21-30(26-41(34)45-42)43-35-17-7-9-19-37(35)44(38-20-10-8-18-36(38)43)40-24-29-13-3-4-14-31(29)32-15-5-6-16-33(32)40/h1-26,32-33H. The molecular formula is C44H28O. The molecule has 1 heteroatoms. The molecule has 45 heavy (non-hydrogen) atoms. The zero-order valence-electron chi connectivity index (χ0n) is 24.6. The summed E-state index contributed by atoms with van der Waals surface area (Å²) in [6, 6.07) is 46.5. The van der Waals surface area contributed by atoms with Gasteiger partial charge in [-0.3, -0.25) is 0 Å². The van der Waals surface area contributed by atoms with Crippen LogP contribution in [0.25, 0.3) is 77.0 Å². The van der Waals surface area contributed by atoms with Crippen LogP contribution in [0.3, 0.4) is 0 Å². The Kier molecular flexibility index (Phi) is 5.18. The Hall–Kier alpha value is -5.66. The Labute approximate surface area is 261 Å². The molecule has 1 nitrogen and oxygen atoms in total. The van der Waals surface area contributed by atoms with Gasteiger partial charge in [-0.2, -0.15) is 0 Å². The van der Waals surface area contributed by atoms with Gasteiger partial charge in [-0.1, -0.05) is 134 Å². The highest BCUT2D eigenvalue weighted by Crippen LogP contribution is 2.50. The monoisotopic (exact) mass is 572 g/mol. The largest absolute Gasteiger partial charge is 0.456 e. The molecule has 1 aromatic heterocycles. The van der Waals surface area contributed by atoms with Gasteiger partial charge in [0.25, 0.3) is 0 Å². The molecule has 0 aliphatic heterocycles. The van der Waals surface area contributed by atoms with Crippen LogP contribution in [0.2, 0.25) is 0 Å². The molecule has 0 bridgehead atoms. The average molecular weight is 573 g/mol. The van der Waals surface area contributed by atoms with Crippen molar-refractivity contribution in [2.24, 2.45) is 5.92 Å². The molecule has 7 aromatic carbocycles. The normalized spacial score (nSPS) is 17.3. The van der Waals surface area contributed by atoms with E-state index in [1.807, 2.05) is 0 Å². The van der Waals surface area contributed by atoms with E-state index in [0.717, 1.165) is 21.9 Å². The predicted molar refractivity (Wildman–Crippen MR) is 190 cm³/mol. The van der Waals surface area contributed by atoms with Crippen LogP contribution < -0.4 is 0 Å². The van der Waals surface area contributed by atoms with E-state index < -0.39 is 0 Å². The first-order valence-corrected chi connectivity index (χ1v) is 15.8. The van der Waals surface area contributed by atoms with Crippen LogP contribution in [0.5, 0.6) is 0 Å². The second-order valence-electron chi connectivity index (χ2n) is 12.4. The van der Waals surface area contributed by atoms with Gasteiger partial charge in [0.15, 0.2) is 0 Å². The fraction of sp³-hybridized carbons (Fsp3) is 0.0455. The highest BCUT2D eigenvalue weighted by atomic mass is 16.3. The fourth-order valence-corrected chi connectivity index (χ4v) is 8.02. The summed E-state index contributed by atoms with van der Waals surface area (Å²) < 4.78 is 6.54. The predicted octanol–water partition coefficient (Wildman–Crippen LogP) is 12.1. The third-order valence-corrected chi connectivity index (χ3v) is 10.0. The van der Waals surface area contributed by atoms with Crippen molar-refractivity contribution < 1.29 is 4.42 Å². The maximum absolute atomic E-state index is 6.54. The van der Waals surface area contributed by atoms with Crippen molar-refractivity contribution >= 4 is 65.9 Å². The van der Waals surface area contributed by atoms with Crippen LogP contribution in [0.1, 0.15) is 22.6 Å². The number of allylic oxidation sites excluding steroid dienone is 5. The van der Waals surface area contributed by atoms with Gasteiger partial charge in [0, 0.05) is 22.6 Å². The first-order chi connectivity index (χ1) is 22.3. The third kappa shape index (κ3) is 3.62. The van der Waals surface area contributed by atoms with Crippen LogP contribution >= 0.6 is 0 Å². The van der Waals surface area contributed by atoms with Gasteiger partial charge >= 0.3 is 0 Å². The highest BCUT2D eigenvalue weighted by molar-refractivity contribution is 6.21. The lowest BCUT2D eigenvalue weighted by Gasteiger charge is -2.34. The van der Waals surface area contributed by atoms with Gasteiger partial charge in [-0.05, 0) is 90.0 Å². The van der Waals surface area contributed by atoms with Crippen molar-refractivity contribution in [3.8, 4) is 11.1 Å². The minimum Gasteiger partial charge on any atom is -0.456 e. The molecule has 10 rings (SSSR count). The van der Waals surface area contributed by atoms with E-state index in [1.54, 1.807) is 0 Å². The molecule has 0 amide bonds. The molecule has 8 aromatic rings. The lowest BCUT2D eigenvalue weighted by molar-refractivity contribution is 0.669. The molecule has 2 aliphatic carbocycles. The Morgan fingerprint density at radius 2 is 1.04 bits per heavy atom. The van der Waals surface area contributed by atoms with E-state index in [0.29, 0.717) is 5.92 Å². The second kappa shape index (κ2) is 9.42. The van der Waals surface area contributed by atoms with Crippen LogP contribution in [-0.4, -0.2) is 0 Å². The Morgan fingerprint density at radius 1 is 0.444 bits per heavy atom. The van der Waals surface area contributed by atoms with Crippen LogP contribution in [0.4, 0.5) is 0 Å². The number of hydrogen-bond acceptors (Lipinski definition) is 1. The summed E-state index contributed by atoms with van der Waals surface area (Å²) in [7, 11) is 0. The molecule has 1 heterocycles. The lowest BCUT2D eigenvalue weighted by atomic mass is 9.69. The van der Waals surface area contributed by atoms with Gasteiger partial charge in [-0.25, -0.2) is 0 Å². The Morgan fingerprint density at radius 3 is 1.80 bits per heavy atom. The van der Waals surface area contributed by atoms with Gasteiger partial charge in [0.05, 0.1) is 0 Å². The average Bonchev–Trinajstić information content (AvgIpc) is 3.45. The second-order valence-corrected chi connectivity index (χ2v) is 12.4. The summed E-state index contributed by atoms with van der Waals surface area (Å²) in [6.45, 7) is 0. The first-order valence-electron chi connectivity index (χ1n) is 15.8. The molecule has 2 atom stereocenters. The van der Waals surface area contributed by atoms with Crippen molar-refractivity contribution in [2.45, 2.75) is 5.92 Å². The molecule has 2 aliphatic rings. The fourth-order valence-electron chi connectivity index (χ4n) is 8.02. The number of furan rings is 1. The van der Waals surface area contributed by atoms with Crippen molar-refractivity contribution in [1.82, 2.24) is 0 Å². The van der Waals surface area contributed by atoms with Gasteiger partial charge < -0.3 is 4.42 Å². The van der Waals surface area contributed by atoms with E-state index in [4.69, 9.17) is 4.42 Å². The first kappa shape index (κ1) is 24.7. The number of benzene rings is 7. The van der Waals surface area contributed by atoms with Crippen LogP contribution in [0, 0.1) is 5.92 Å². The van der Waals surface area contributed by atoms with E-state index >= 15 is 0 Å². The number of fused-ring (bicyclic) bond motifs is 9. The zero-order valence-corrected chi connectivity index (χ0v) is 24.6. The molecule has 0 radical (unpaired) electrons. The van der Waals surface area contributed by atoms with E-state index in [-0.39, 0.29) is 5.92 Å². The van der Waals surface area contributed by atoms with Crippen molar-refractivity contribution in [3.05, 3.63) is 168 Å². The highest BCUT2D eigenvalue weighted by Gasteiger charge is 2.32. The number of rotatable bonds is 2. The molecule has 0 spiro atoms. The van der Waals surface area contributed by atoms with Crippen molar-refractivity contribution in [2.75, 3.05) is 0 Å². The molecular weight excluding hydrogens is 544 g/mol. The zero-order chi connectivity index (χ0) is 29.5. The van der Waals surface area contributed by atoms with Crippen LogP contribution in [0.15, 0.2) is 156 Å². The number of hydrogen-bond donors (Lipinski definition) is 0. The summed E-state index contributed by atoms with van der Waals surface area (Å²) >= 11 is 0. The van der Waals surface area contributed by atoms with Gasteiger partial charge in [0.2, 0.25) is 0 Å². The van der Waals surface area contributed by atoms with Gasteiger partial charge in [-0.15, -0.1) is 0 Å². The Bertz CT molecular complexity index is 2550. The molecule has 0 saturated heterocycles. The SMILES string of the molecule is C1=CC2C(c3c4ccccc4c(-c4ccc5c(c4)oc4cc6ccccc6cc45)c4ccccc34)=Cc3ccccc3C2C=C1. The molecule has 0 N–H and O–H groups in total. The minimum absolute atomic E-state index is 0.282.